The molecule has 1 aliphatic heterocycles. The first-order valence-corrected chi connectivity index (χ1v) is 6.11. The third kappa shape index (κ3) is 5.20. The van der Waals surface area contributed by atoms with Crippen LogP contribution < -0.4 is 5.32 Å². The summed E-state index contributed by atoms with van der Waals surface area (Å²) in [6.07, 6.45) is 6.26. The van der Waals surface area contributed by atoms with Gasteiger partial charge in [-0.15, -0.1) is 11.8 Å². The van der Waals surface area contributed by atoms with Gasteiger partial charge in [0.05, 0.1) is 6.10 Å². The van der Waals surface area contributed by atoms with Crippen molar-refractivity contribution < 1.29 is 4.74 Å². The Bertz CT molecular complexity index is 210. The van der Waals surface area contributed by atoms with Crippen molar-refractivity contribution in [1.29, 1.82) is 0 Å². The molecule has 0 amide bonds. The Kier molecular flexibility index (Phi) is 6.47. The SMILES string of the molecule is CC#CCCC(CC1CCCO1)NCC. The van der Waals surface area contributed by atoms with Gasteiger partial charge in [-0.1, -0.05) is 6.92 Å². The van der Waals surface area contributed by atoms with Crippen molar-refractivity contribution in [3.63, 3.8) is 0 Å². The molecule has 1 saturated heterocycles. The normalized spacial score (nSPS) is 22.1. The van der Waals surface area contributed by atoms with E-state index < -0.39 is 0 Å². The van der Waals surface area contributed by atoms with Crippen molar-refractivity contribution in [2.24, 2.45) is 0 Å². The highest BCUT2D eigenvalue weighted by molar-refractivity contribution is 4.95. The summed E-state index contributed by atoms with van der Waals surface area (Å²) in [7, 11) is 0. The van der Waals surface area contributed by atoms with E-state index in [9.17, 15) is 0 Å². The number of rotatable bonds is 6. The molecule has 0 aromatic heterocycles. The minimum absolute atomic E-state index is 0.489. The highest BCUT2D eigenvalue weighted by atomic mass is 16.5. The third-order valence-corrected chi connectivity index (χ3v) is 2.86. The van der Waals surface area contributed by atoms with Crippen LogP contribution in [0.2, 0.25) is 0 Å². The zero-order chi connectivity index (χ0) is 10.9. The molecule has 0 bridgehead atoms. The monoisotopic (exact) mass is 209 g/mol. The predicted octanol–water partition coefficient (Wildman–Crippen LogP) is 2.34. The van der Waals surface area contributed by atoms with Gasteiger partial charge in [-0.2, -0.15) is 0 Å². The van der Waals surface area contributed by atoms with E-state index in [0.29, 0.717) is 12.1 Å². The molecule has 0 aromatic carbocycles. The van der Waals surface area contributed by atoms with Crippen LogP contribution in [0.1, 0.15) is 46.0 Å². The molecule has 0 saturated carbocycles. The molecular weight excluding hydrogens is 186 g/mol. The highest BCUT2D eigenvalue weighted by Gasteiger charge is 2.19. The zero-order valence-electron chi connectivity index (χ0n) is 10.0. The van der Waals surface area contributed by atoms with Gasteiger partial charge in [-0.05, 0) is 39.2 Å². The average molecular weight is 209 g/mol. The largest absolute Gasteiger partial charge is 0.378 e. The van der Waals surface area contributed by atoms with Gasteiger partial charge >= 0.3 is 0 Å². The average Bonchev–Trinajstić information content (AvgIpc) is 2.71. The zero-order valence-corrected chi connectivity index (χ0v) is 10.0. The Labute approximate surface area is 93.8 Å². The molecular formula is C13H23NO. The van der Waals surface area contributed by atoms with Crippen LogP contribution in [0.3, 0.4) is 0 Å². The predicted molar refractivity (Wildman–Crippen MR) is 63.7 cm³/mol. The second-order valence-corrected chi connectivity index (χ2v) is 4.09. The maximum absolute atomic E-state index is 5.66. The summed E-state index contributed by atoms with van der Waals surface area (Å²) in [4.78, 5) is 0. The Morgan fingerprint density at radius 2 is 2.40 bits per heavy atom. The summed E-state index contributed by atoms with van der Waals surface area (Å²) < 4.78 is 5.66. The Balaban J connectivity index is 2.23. The molecule has 86 valence electrons. The molecule has 1 heterocycles. The fourth-order valence-electron chi connectivity index (χ4n) is 2.11. The van der Waals surface area contributed by atoms with Crippen molar-refractivity contribution in [2.45, 2.75) is 58.1 Å². The van der Waals surface area contributed by atoms with E-state index in [4.69, 9.17) is 4.74 Å². The van der Waals surface area contributed by atoms with Gasteiger partial charge in [-0.3, -0.25) is 0 Å². The molecule has 15 heavy (non-hydrogen) atoms. The van der Waals surface area contributed by atoms with Crippen molar-refractivity contribution >= 4 is 0 Å². The smallest absolute Gasteiger partial charge is 0.0590 e. The summed E-state index contributed by atoms with van der Waals surface area (Å²) in [5.41, 5.74) is 0. The van der Waals surface area contributed by atoms with Crippen LogP contribution in [0.15, 0.2) is 0 Å². The van der Waals surface area contributed by atoms with Crippen LogP contribution in [0, 0.1) is 11.8 Å². The van der Waals surface area contributed by atoms with Crippen molar-refractivity contribution in [1.82, 2.24) is 5.32 Å². The molecule has 1 fully saturated rings. The molecule has 2 heteroatoms. The lowest BCUT2D eigenvalue weighted by Crippen LogP contribution is -2.32. The van der Waals surface area contributed by atoms with Gasteiger partial charge in [0.1, 0.15) is 0 Å². The molecule has 0 spiro atoms. The van der Waals surface area contributed by atoms with E-state index in [1.54, 1.807) is 0 Å². The number of hydrogen-bond acceptors (Lipinski definition) is 2. The van der Waals surface area contributed by atoms with Crippen molar-refractivity contribution in [2.75, 3.05) is 13.2 Å². The lowest BCUT2D eigenvalue weighted by atomic mass is 10.0. The first kappa shape index (κ1) is 12.5. The molecule has 2 unspecified atom stereocenters. The highest BCUT2D eigenvalue weighted by Crippen LogP contribution is 2.18. The number of nitrogens with one attached hydrogen (secondary N) is 1. The first-order chi connectivity index (χ1) is 7.36. The van der Waals surface area contributed by atoms with Crippen molar-refractivity contribution in [3.05, 3.63) is 0 Å². The van der Waals surface area contributed by atoms with Gasteiger partial charge in [-0.25, -0.2) is 0 Å². The quantitative estimate of drug-likeness (QED) is 0.678. The summed E-state index contributed by atoms with van der Waals surface area (Å²) in [5.74, 6) is 6.08. The Hall–Kier alpha value is -0.520. The van der Waals surface area contributed by atoms with E-state index in [2.05, 4.69) is 24.1 Å². The second-order valence-electron chi connectivity index (χ2n) is 4.09. The Morgan fingerprint density at radius 3 is 3.00 bits per heavy atom. The third-order valence-electron chi connectivity index (χ3n) is 2.86. The maximum Gasteiger partial charge on any atom is 0.0590 e. The summed E-state index contributed by atoms with van der Waals surface area (Å²) in [6.45, 7) is 6.06. The van der Waals surface area contributed by atoms with Gasteiger partial charge in [0.2, 0.25) is 0 Å². The van der Waals surface area contributed by atoms with E-state index >= 15 is 0 Å². The first-order valence-electron chi connectivity index (χ1n) is 6.11. The van der Waals surface area contributed by atoms with E-state index in [-0.39, 0.29) is 0 Å². The van der Waals surface area contributed by atoms with Crippen LogP contribution >= 0.6 is 0 Å². The standard InChI is InChI=1S/C13H23NO/c1-3-5-6-8-12(14-4-2)11-13-9-7-10-15-13/h12-14H,4,6-11H2,1-2H3. The summed E-state index contributed by atoms with van der Waals surface area (Å²) >= 11 is 0. The van der Waals surface area contributed by atoms with Crippen molar-refractivity contribution in [3.8, 4) is 11.8 Å². The summed E-state index contributed by atoms with van der Waals surface area (Å²) in [5, 5.41) is 3.52. The fraction of sp³-hybridized carbons (Fsp3) is 0.846. The van der Waals surface area contributed by atoms with Gasteiger partial charge in [0.15, 0.2) is 0 Å². The van der Waals surface area contributed by atoms with E-state index in [1.807, 2.05) is 6.92 Å². The van der Waals surface area contributed by atoms with Gasteiger partial charge in [0, 0.05) is 19.1 Å². The molecule has 0 aliphatic carbocycles. The van der Waals surface area contributed by atoms with Crippen LogP contribution in [-0.4, -0.2) is 25.3 Å². The van der Waals surface area contributed by atoms with Crippen LogP contribution in [0.5, 0.6) is 0 Å². The minimum atomic E-state index is 0.489. The molecule has 1 rings (SSSR count). The fourth-order valence-corrected chi connectivity index (χ4v) is 2.11. The molecule has 0 radical (unpaired) electrons. The Morgan fingerprint density at radius 1 is 1.53 bits per heavy atom. The summed E-state index contributed by atoms with van der Waals surface area (Å²) in [6, 6.07) is 0.582. The van der Waals surface area contributed by atoms with E-state index in [0.717, 1.165) is 32.4 Å². The molecule has 0 aromatic rings. The molecule has 1 aliphatic rings. The number of hydrogen-bond donors (Lipinski definition) is 1. The van der Waals surface area contributed by atoms with Crippen LogP contribution in [0.25, 0.3) is 0 Å². The van der Waals surface area contributed by atoms with Crippen LogP contribution in [0.4, 0.5) is 0 Å². The van der Waals surface area contributed by atoms with Gasteiger partial charge < -0.3 is 10.1 Å². The van der Waals surface area contributed by atoms with Crippen LogP contribution in [-0.2, 0) is 4.74 Å². The van der Waals surface area contributed by atoms with Gasteiger partial charge in [0.25, 0.3) is 0 Å². The lowest BCUT2D eigenvalue weighted by molar-refractivity contribution is 0.0940. The number of ether oxygens (including phenoxy) is 1. The lowest BCUT2D eigenvalue weighted by Gasteiger charge is -2.20. The second kappa shape index (κ2) is 7.73. The molecule has 2 nitrogen and oxygen atoms in total. The maximum atomic E-state index is 5.66. The topological polar surface area (TPSA) is 21.3 Å². The van der Waals surface area contributed by atoms with E-state index in [1.165, 1.54) is 12.8 Å². The minimum Gasteiger partial charge on any atom is -0.378 e. The molecule has 1 N–H and O–H groups in total. The molecule has 2 atom stereocenters.